The van der Waals surface area contributed by atoms with Gasteiger partial charge >= 0.3 is 5.97 Å². The molecule has 1 spiro atoms. The van der Waals surface area contributed by atoms with Crippen molar-refractivity contribution in [3.8, 4) is 11.5 Å². The van der Waals surface area contributed by atoms with Crippen LogP contribution in [0.4, 0.5) is 0 Å². The molecule has 2 atom stereocenters. The normalized spacial score (nSPS) is 25.3. The number of alkyl halides is 1. The molecule has 0 bridgehead atoms. The maximum Gasteiger partial charge on any atom is 0.340 e. The highest BCUT2D eigenvalue weighted by molar-refractivity contribution is 6.32. The molecule has 2 aromatic carbocycles. The van der Waals surface area contributed by atoms with Crippen LogP contribution in [0.15, 0.2) is 59.6 Å². The van der Waals surface area contributed by atoms with Crippen LogP contribution in [0, 0.1) is 0 Å². The quantitative estimate of drug-likeness (QED) is 0.498. The number of esters is 1. The average Bonchev–Trinajstić information content (AvgIpc) is 2.93. The Bertz CT molecular complexity index is 1090. The fourth-order valence-electron chi connectivity index (χ4n) is 3.93. The Hall–Kier alpha value is -2.63. The summed E-state index contributed by atoms with van der Waals surface area (Å²) in [6.07, 6.45) is 1.64. The van der Waals surface area contributed by atoms with Gasteiger partial charge in [-0.1, -0.05) is 29.8 Å². The van der Waals surface area contributed by atoms with E-state index in [4.69, 9.17) is 32.7 Å². The minimum absolute atomic E-state index is 0.0372. The molecule has 2 unspecified atom stereocenters. The maximum absolute atomic E-state index is 12.7. The molecule has 5 rings (SSSR count). The number of ether oxygens (including phenoxy) is 2. The number of rotatable bonds is 0. The van der Waals surface area contributed by atoms with Crippen LogP contribution < -0.4 is 4.74 Å². The summed E-state index contributed by atoms with van der Waals surface area (Å²) in [7, 11) is 0. The molecule has 0 amide bonds. The summed E-state index contributed by atoms with van der Waals surface area (Å²) in [5.74, 6) is -0.0454. The number of fused-ring (bicyclic) bond motifs is 5. The summed E-state index contributed by atoms with van der Waals surface area (Å²) in [4.78, 5) is 12.7. The van der Waals surface area contributed by atoms with Crippen molar-refractivity contribution in [2.45, 2.75) is 17.4 Å². The van der Waals surface area contributed by atoms with Crippen LogP contribution in [0.5, 0.6) is 11.5 Å². The fraction of sp³-hybridized carbons (Fsp3) is 0.150. The molecule has 0 radical (unpaired) electrons. The van der Waals surface area contributed by atoms with Crippen molar-refractivity contribution in [1.29, 1.82) is 0 Å². The number of phenolic OH excluding ortho intramolecular Hbond substituents is 1. The van der Waals surface area contributed by atoms with E-state index >= 15 is 0 Å². The number of carbonyl (C=O) groups excluding carboxylic acids is 1. The van der Waals surface area contributed by atoms with Gasteiger partial charge in [-0.2, -0.15) is 0 Å². The molecule has 2 heterocycles. The van der Waals surface area contributed by atoms with E-state index in [0.717, 1.165) is 0 Å². The second-order valence-electron chi connectivity index (χ2n) is 6.60. The van der Waals surface area contributed by atoms with Crippen molar-refractivity contribution >= 4 is 29.2 Å². The van der Waals surface area contributed by atoms with Gasteiger partial charge in [-0.25, -0.2) is 4.79 Å². The van der Waals surface area contributed by atoms with Gasteiger partial charge in [-0.05, 0) is 12.1 Å². The van der Waals surface area contributed by atoms with E-state index in [-0.39, 0.29) is 28.7 Å². The van der Waals surface area contributed by atoms with Gasteiger partial charge < -0.3 is 19.7 Å². The van der Waals surface area contributed by atoms with Crippen molar-refractivity contribution in [2.24, 2.45) is 0 Å². The van der Waals surface area contributed by atoms with E-state index in [9.17, 15) is 15.0 Å². The van der Waals surface area contributed by atoms with E-state index in [2.05, 4.69) is 0 Å². The van der Waals surface area contributed by atoms with Gasteiger partial charge in [0, 0.05) is 35.3 Å². The highest BCUT2D eigenvalue weighted by Crippen LogP contribution is 2.57. The molecule has 3 aliphatic rings. The largest absolute Gasteiger partial charge is 0.511 e. The van der Waals surface area contributed by atoms with E-state index < -0.39 is 16.9 Å². The zero-order valence-electron chi connectivity index (χ0n) is 13.7. The standard InChI is InChI=1S/C20H12Cl2O5/c21-13-5-11-17(7-15(13)23)26-18-8-16(24)14(22)6-12(18)20(11)10-4-2-1-3-9(10)19(25)27-20/h1-5,7-8,14,23-24H,6H2. The third-order valence-corrected chi connectivity index (χ3v) is 5.81. The molecule has 2 N–H and O–H groups in total. The minimum Gasteiger partial charge on any atom is -0.511 e. The van der Waals surface area contributed by atoms with E-state index in [1.165, 1.54) is 18.2 Å². The first-order valence-electron chi connectivity index (χ1n) is 8.23. The van der Waals surface area contributed by atoms with Gasteiger partial charge in [0.15, 0.2) is 5.60 Å². The Morgan fingerprint density at radius 1 is 1.15 bits per heavy atom. The molecular weight excluding hydrogens is 391 g/mol. The first-order valence-corrected chi connectivity index (χ1v) is 9.05. The first-order chi connectivity index (χ1) is 12.9. The van der Waals surface area contributed by atoms with Gasteiger partial charge in [0.2, 0.25) is 0 Å². The number of allylic oxidation sites excluding steroid dienone is 2. The Kier molecular flexibility index (Phi) is 3.33. The van der Waals surface area contributed by atoms with Crippen molar-refractivity contribution < 1.29 is 24.5 Å². The van der Waals surface area contributed by atoms with Crippen LogP contribution in [-0.2, 0) is 10.3 Å². The predicted octanol–water partition coefficient (Wildman–Crippen LogP) is 4.56. The van der Waals surface area contributed by atoms with Crippen LogP contribution in [-0.4, -0.2) is 21.6 Å². The average molecular weight is 403 g/mol. The number of phenols is 1. The summed E-state index contributed by atoms with van der Waals surface area (Å²) < 4.78 is 11.9. The number of benzene rings is 2. The van der Waals surface area contributed by atoms with Gasteiger partial charge in [0.25, 0.3) is 0 Å². The van der Waals surface area contributed by atoms with E-state index in [0.29, 0.717) is 28.0 Å². The smallest absolute Gasteiger partial charge is 0.340 e. The molecule has 7 heteroatoms. The molecule has 2 aromatic rings. The zero-order valence-corrected chi connectivity index (χ0v) is 15.2. The van der Waals surface area contributed by atoms with E-state index in [1.807, 2.05) is 12.1 Å². The molecule has 1 aliphatic carbocycles. The second kappa shape index (κ2) is 5.44. The lowest BCUT2D eigenvalue weighted by Gasteiger charge is -2.40. The van der Waals surface area contributed by atoms with Crippen LogP contribution >= 0.6 is 23.2 Å². The Labute approximate surface area is 164 Å². The maximum atomic E-state index is 12.7. The second-order valence-corrected chi connectivity index (χ2v) is 7.54. The monoisotopic (exact) mass is 402 g/mol. The third kappa shape index (κ3) is 2.10. The number of carbonyl (C=O) groups is 1. The van der Waals surface area contributed by atoms with Crippen LogP contribution in [0.25, 0.3) is 0 Å². The summed E-state index contributed by atoms with van der Waals surface area (Å²) >= 11 is 12.4. The van der Waals surface area contributed by atoms with Crippen LogP contribution in [0.2, 0.25) is 5.02 Å². The van der Waals surface area contributed by atoms with E-state index in [1.54, 1.807) is 12.1 Å². The lowest BCUT2D eigenvalue weighted by molar-refractivity contribution is 0.0188. The van der Waals surface area contributed by atoms with Gasteiger partial charge in [0.05, 0.1) is 16.0 Å². The number of hydrogen-bond acceptors (Lipinski definition) is 5. The number of halogens is 2. The number of aromatic hydroxyl groups is 1. The third-order valence-electron chi connectivity index (χ3n) is 5.13. The molecular formula is C20H12Cl2O5. The lowest BCUT2D eigenvalue weighted by Crippen LogP contribution is -2.38. The SMILES string of the molecule is O=C1OC2(C3=C(C=C(O)C(Cl)C3)Oc3cc(O)c(Cl)cc32)c2ccccc21. The molecule has 0 saturated carbocycles. The molecule has 136 valence electrons. The Morgan fingerprint density at radius 3 is 2.74 bits per heavy atom. The molecule has 27 heavy (non-hydrogen) atoms. The van der Waals surface area contributed by atoms with Crippen molar-refractivity contribution in [2.75, 3.05) is 0 Å². The van der Waals surface area contributed by atoms with Crippen LogP contribution in [0.3, 0.4) is 0 Å². The van der Waals surface area contributed by atoms with Gasteiger partial charge in [0.1, 0.15) is 23.0 Å². The Morgan fingerprint density at radius 2 is 1.93 bits per heavy atom. The number of hydrogen-bond donors (Lipinski definition) is 2. The Balaban J connectivity index is 1.88. The fourth-order valence-corrected chi connectivity index (χ4v) is 4.31. The predicted molar refractivity (Wildman–Crippen MR) is 98.4 cm³/mol. The zero-order chi connectivity index (χ0) is 18.9. The lowest BCUT2D eigenvalue weighted by atomic mass is 9.74. The first kappa shape index (κ1) is 16.5. The van der Waals surface area contributed by atoms with Gasteiger partial charge in [-0.3, -0.25) is 0 Å². The van der Waals surface area contributed by atoms with Crippen molar-refractivity contribution in [3.05, 3.63) is 81.3 Å². The summed E-state index contributed by atoms with van der Waals surface area (Å²) in [5.41, 5.74) is 0.922. The molecule has 0 fully saturated rings. The van der Waals surface area contributed by atoms with Crippen molar-refractivity contribution in [1.82, 2.24) is 0 Å². The van der Waals surface area contributed by atoms with Crippen molar-refractivity contribution in [3.63, 3.8) is 0 Å². The minimum atomic E-state index is -1.28. The van der Waals surface area contributed by atoms with Crippen LogP contribution in [0.1, 0.15) is 27.9 Å². The number of aliphatic hydroxyl groups excluding tert-OH is 1. The molecule has 2 aliphatic heterocycles. The molecule has 0 aromatic heterocycles. The van der Waals surface area contributed by atoms with Gasteiger partial charge in [-0.15, -0.1) is 11.6 Å². The topological polar surface area (TPSA) is 76.0 Å². The highest BCUT2D eigenvalue weighted by Gasteiger charge is 2.55. The summed E-state index contributed by atoms with van der Waals surface area (Å²) in [5, 5.41) is 19.5. The number of aliphatic hydroxyl groups is 1. The molecule has 5 nitrogen and oxygen atoms in total. The summed E-state index contributed by atoms with van der Waals surface area (Å²) in [6.45, 7) is 0. The summed E-state index contributed by atoms with van der Waals surface area (Å²) in [6, 6.07) is 9.98. The highest BCUT2D eigenvalue weighted by atomic mass is 35.5. The molecule has 0 saturated heterocycles.